The highest BCUT2D eigenvalue weighted by Crippen LogP contribution is 2.54. The monoisotopic (exact) mass is 488 g/mol. The van der Waals surface area contributed by atoms with Gasteiger partial charge >= 0.3 is 6.18 Å². The number of anilines is 1. The van der Waals surface area contributed by atoms with E-state index in [0.717, 1.165) is 32.2 Å². The van der Waals surface area contributed by atoms with Gasteiger partial charge in [-0.1, -0.05) is 13.0 Å². The minimum absolute atomic E-state index is 0.0000725. The number of halogens is 5. The van der Waals surface area contributed by atoms with Gasteiger partial charge in [0.2, 0.25) is 5.88 Å². The molecule has 184 valence electrons. The smallest absolute Gasteiger partial charge is 0.417 e. The second-order valence-electron chi connectivity index (χ2n) is 7.88. The fraction of sp³-hybridized carbons (Fsp3) is 0.429. The molecule has 2 amide bonds. The van der Waals surface area contributed by atoms with Gasteiger partial charge < -0.3 is 20.5 Å². The summed E-state index contributed by atoms with van der Waals surface area (Å²) >= 11 is 0. The summed E-state index contributed by atoms with van der Waals surface area (Å²) < 4.78 is 78.5. The van der Waals surface area contributed by atoms with Gasteiger partial charge in [0.1, 0.15) is 17.5 Å². The van der Waals surface area contributed by atoms with Crippen molar-refractivity contribution in [3.8, 4) is 5.88 Å². The lowest BCUT2D eigenvalue weighted by Gasteiger charge is -2.31. The molecular weight excluding hydrogens is 467 g/mol. The molecule has 1 fully saturated rings. The molecule has 0 spiro atoms. The van der Waals surface area contributed by atoms with Crippen molar-refractivity contribution in [3.63, 3.8) is 0 Å². The minimum atomic E-state index is -4.86. The number of carbonyl (C=O) groups excluding carboxylic acids is 2. The molecule has 0 unspecified atom stereocenters. The first-order valence-corrected chi connectivity index (χ1v) is 9.94. The van der Waals surface area contributed by atoms with Gasteiger partial charge in [0.15, 0.2) is 5.60 Å². The van der Waals surface area contributed by atoms with E-state index in [0.29, 0.717) is 0 Å². The zero-order valence-electron chi connectivity index (χ0n) is 18.2. The van der Waals surface area contributed by atoms with Gasteiger partial charge in [0, 0.05) is 29.3 Å². The number of aromatic nitrogens is 2. The predicted octanol–water partition coefficient (Wildman–Crippen LogP) is 3.60. The van der Waals surface area contributed by atoms with Crippen LogP contribution in [0.2, 0.25) is 0 Å². The summed E-state index contributed by atoms with van der Waals surface area (Å²) in [5.41, 5.74) is 1.65. The summed E-state index contributed by atoms with van der Waals surface area (Å²) in [5.74, 6) is -4.79. The summed E-state index contributed by atoms with van der Waals surface area (Å²) in [6.45, 7) is 2.05. The fourth-order valence-electron chi connectivity index (χ4n) is 3.88. The van der Waals surface area contributed by atoms with Gasteiger partial charge in [-0.05, 0) is 25.1 Å². The number of nitrogens with zero attached hydrogens (tertiary/aromatic N) is 2. The molecule has 0 aromatic carbocycles. The molecule has 2 aromatic rings. The molecule has 0 saturated carbocycles. The van der Waals surface area contributed by atoms with E-state index >= 15 is 0 Å². The van der Waals surface area contributed by atoms with Gasteiger partial charge in [-0.3, -0.25) is 14.6 Å². The molecule has 0 aliphatic carbocycles. The second kappa shape index (κ2) is 9.12. The highest BCUT2D eigenvalue weighted by Gasteiger charge is 2.65. The Kier molecular flexibility index (Phi) is 6.78. The van der Waals surface area contributed by atoms with Crippen molar-refractivity contribution in [1.29, 1.82) is 0 Å². The first kappa shape index (κ1) is 25.3. The Hall–Kier alpha value is -3.35. The highest BCUT2D eigenvalue weighted by molar-refractivity contribution is 5.97. The van der Waals surface area contributed by atoms with Crippen LogP contribution in [0, 0.1) is 5.92 Å². The molecule has 3 N–H and O–H groups in total. The Balaban J connectivity index is 2.05. The Morgan fingerprint density at radius 1 is 1.26 bits per heavy atom. The molecule has 4 atom stereocenters. The first-order valence-electron chi connectivity index (χ1n) is 9.94. The van der Waals surface area contributed by atoms with Crippen LogP contribution in [0.5, 0.6) is 5.88 Å². The molecule has 13 heteroatoms. The highest BCUT2D eigenvalue weighted by atomic mass is 19.4. The second-order valence-corrected chi connectivity index (χ2v) is 7.88. The average Bonchev–Trinajstić information content (AvgIpc) is 3.05. The molecule has 1 aliphatic heterocycles. The number of methoxy groups -OCH3 is 1. The van der Waals surface area contributed by atoms with Crippen LogP contribution in [0.4, 0.5) is 27.6 Å². The standard InChI is InChI=1S/C21H21F5N4O4/c1-9-14(11-4-5-12(16(22)23)30-19(11)33-3)15(34-20(9,2)21(24,25)26)18(32)29-10-6-7-28-13(8-10)17(27)31/h4-9,14-16H,1-3H3,(H2,27,31)(H,28,29,32)/t9-,14-,15-,20+/m1/s1. The third-order valence-corrected chi connectivity index (χ3v) is 5.89. The van der Waals surface area contributed by atoms with Crippen LogP contribution < -0.4 is 15.8 Å². The Labute approximate surface area is 190 Å². The largest absolute Gasteiger partial charge is 0.481 e. The van der Waals surface area contributed by atoms with E-state index in [1.165, 1.54) is 19.2 Å². The van der Waals surface area contributed by atoms with Crippen molar-refractivity contribution in [3.05, 3.63) is 47.4 Å². The quantitative estimate of drug-likeness (QED) is 0.601. The van der Waals surface area contributed by atoms with E-state index in [1.54, 1.807) is 0 Å². The maximum atomic E-state index is 14.0. The third kappa shape index (κ3) is 4.52. The maximum absolute atomic E-state index is 14.0. The van der Waals surface area contributed by atoms with E-state index in [4.69, 9.17) is 15.2 Å². The zero-order valence-corrected chi connectivity index (χ0v) is 18.2. The van der Waals surface area contributed by atoms with Crippen molar-refractivity contribution in [1.82, 2.24) is 9.97 Å². The van der Waals surface area contributed by atoms with Gasteiger partial charge in [0.05, 0.1) is 7.11 Å². The zero-order chi connectivity index (χ0) is 25.4. The molecule has 34 heavy (non-hydrogen) atoms. The van der Waals surface area contributed by atoms with E-state index in [2.05, 4.69) is 15.3 Å². The van der Waals surface area contributed by atoms with E-state index < -0.39 is 53.7 Å². The van der Waals surface area contributed by atoms with Crippen LogP contribution in [0.25, 0.3) is 0 Å². The fourth-order valence-corrected chi connectivity index (χ4v) is 3.88. The van der Waals surface area contributed by atoms with E-state index in [1.807, 2.05) is 0 Å². The number of alkyl halides is 5. The maximum Gasteiger partial charge on any atom is 0.417 e. The third-order valence-electron chi connectivity index (χ3n) is 5.89. The number of nitrogens with one attached hydrogen (secondary N) is 1. The molecular formula is C21H21F5N4O4. The van der Waals surface area contributed by atoms with Crippen molar-refractivity contribution in [2.45, 2.75) is 44.1 Å². The van der Waals surface area contributed by atoms with Gasteiger partial charge in [-0.15, -0.1) is 0 Å². The predicted molar refractivity (Wildman–Crippen MR) is 108 cm³/mol. The number of amides is 2. The number of ether oxygens (including phenoxy) is 2. The molecule has 0 bridgehead atoms. The van der Waals surface area contributed by atoms with Crippen LogP contribution >= 0.6 is 0 Å². The van der Waals surface area contributed by atoms with Crippen LogP contribution in [-0.4, -0.2) is 46.8 Å². The molecule has 1 aliphatic rings. The Morgan fingerprint density at radius 2 is 1.94 bits per heavy atom. The lowest BCUT2D eigenvalue weighted by atomic mass is 9.77. The van der Waals surface area contributed by atoms with Crippen molar-refractivity contribution < 1.29 is 41.0 Å². The minimum Gasteiger partial charge on any atom is -0.481 e. The number of nitrogens with two attached hydrogens (primary N) is 1. The van der Waals surface area contributed by atoms with Crippen LogP contribution in [0.1, 0.15) is 47.9 Å². The first-order chi connectivity index (χ1) is 15.8. The number of pyridine rings is 2. The van der Waals surface area contributed by atoms with Gasteiger partial charge in [-0.2, -0.15) is 13.2 Å². The summed E-state index contributed by atoms with van der Waals surface area (Å²) in [7, 11) is 1.13. The molecule has 3 rings (SSSR count). The number of rotatable bonds is 6. The number of primary amides is 1. The SMILES string of the molecule is COc1nc(C(F)F)ccc1[C@H]1[C@@H](C)[C@@](C)(C(F)(F)F)O[C@H]1C(=O)Nc1ccnc(C(N)=O)c1. The van der Waals surface area contributed by atoms with Crippen LogP contribution in [0.15, 0.2) is 30.5 Å². The lowest BCUT2D eigenvalue weighted by Crippen LogP contribution is -2.47. The summed E-state index contributed by atoms with van der Waals surface area (Å²) in [4.78, 5) is 31.8. The topological polar surface area (TPSA) is 116 Å². The summed E-state index contributed by atoms with van der Waals surface area (Å²) in [6.07, 6.45) is -8.33. The molecule has 3 heterocycles. The summed E-state index contributed by atoms with van der Waals surface area (Å²) in [5, 5.41) is 2.40. The Morgan fingerprint density at radius 3 is 2.50 bits per heavy atom. The molecule has 2 aromatic heterocycles. The van der Waals surface area contributed by atoms with Crippen molar-refractivity contribution >= 4 is 17.5 Å². The molecule has 1 saturated heterocycles. The van der Waals surface area contributed by atoms with E-state index in [-0.39, 0.29) is 22.8 Å². The van der Waals surface area contributed by atoms with Crippen LogP contribution in [0.3, 0.4) is 0 Å². The van der Waals surface area contributed by atoms with E-state index in [9.17, 15) is 31.5 Å². The molecule has 8 nitrogen and oxygen atoms in total. The van der Waals surface area contributed by atoms with Crippen LogP contribution in [-0.2, 0) is 9.53 Å². The Bertz CT molecular complexity index is 1100. The van der Waals surface area contributed by atoms with Crippen molar-refractivity contribution in [2.24, 2.45) is 11.7 Å². The van der Waals surface area contributed by atoms with Gasteiger partial charge in [-0.25, -0.2) is 13.8 Å². The molecule has 0 radical (unpaired) electrons. The average molecular weight is 488 g/mol. The van der Waals surface area contributed by atoms with Gasteiger partial charge in [0.25, 0.3) is 18.2 Å². The lowest BCUT2D eigenvalue weighted by molar-refractivity contribution is -0.272. The normalized spacial score (nSPS) is 24.8. The summed E-state index contributed by atoms with van der Waals surface area (Å²) in [6, 6.07) is 4.56. The number of hydrogen-bond donors (Lipinski definition) is 2. The number of hydrogen-bond acceptors (Lipinski definition) is 6. The number of carbonyl (C=O) groups is 2. The van der Waals surface area contributed by atoms with Crippen molar-refractivity contribution in [2.75, 3.05) is 12.4 Å².